The monoisotopic (exact) mass is 286 g/mol. The van der Waals surface area contributed by atoms with Gasteiger partial charge in [-0.1, -0.05) is 0 Å². The Morgan fingerprint density at radius 1 is 1.00 bits per heavy atom. The van der Waals surface area contributed by atoms with Crippen molar-refractivity contribution in [2.75, 3.05) is 32.7 Å². The SMILES string of the molecule is CC[N+](CC)(CC)CCCN.[I-]. The molecule has 0 atom stereocenters. The summed E-state index contributed by atoms with van der Waals surface area (Å²) in [5.41, 5.74) is 5.49. The first-order valence-electron chi connectivity index (χ1n) is 4.79. The van der Waals surface area contributed by atoms with E-state index in [0.717, 1.165) is 13.0 Å². The van der Waals surface area contributed by atoms with Gasteiger partial charge in [0.25, 0.3) is 0 Å². The quantitative estimate of drug-likeness (QED) is 0.453. The maximum absolute atomic E-state index is 5.49. The van der Waals surface area contributed by atoms with Crippen molar-refractivity contribution in [3.63, 3.8) is 0 Å². The molecule has 0 rings (SSSR count). The standard InChI is InChI=1S/C9H23N2.HI/c1-4-11(5-2,6-3)9-7-8-10;/h4-10H2,1-3H3;1H/q+1;/p-1. The Morgan fingerprint density at radius 3 is 1.67 bits per heavy atom. The van der Waals surface area contributed by atoms with Gasteiger partial charge in [0.2, 0.25) is 0 Å². The van der Waals surface area contributed by atoms with Crippen LogP contribution in [-0.2, 0) is 0 Å². The van der Waals surface area contributed by atoms with Crippen LogP contribution in [0.15, 0.2) is 0 Å². The Hall–Kier alpha value is 0.650. The van der Waals surface area contributed by atoms with Crippen molar-refractivity contribution in [2.24, 2.45) is 5.73 Å². The van der Waals surface area contributed by atoms with E-state index in [1.54, 1.807) is 0 Å². The molecule has 76 valence electrons. The van der Waals surface area contributed by atoms with Crippen LogP contribution in [0.4, 0.5) is 0 Å². The maximum Gasteiger partial charge on any atom is 0.0798 e. The molecule has 2 N–H and O–H groups in total. The van der Waals surface area contributed by atoms with Gasteiger partial charge in [-0.2, -0.15) is 0 Å². The zero-order valence-electron chi connectivity index (χ0n) is 8.65. The topological polar surface area (TPSA) is 26.0 Å². The number of halogens is 1. The van der Waals surface area contributed by atoms with Gasteiger partial charge in [0.15, 0.2) is 0 Å². The molecular formula is C9H23IN2. The number of nitrogens with zero attached hydrogens (tertiary/aromatic N) is 1. The summed E-state index contributed by atoms with van der Waals surface area (Å²) in [6.07, 6.45) is 1.16. The molecule has 3 heteroatoms. The summed E-state index contributed by atoms with van der Waals surface area (Å²) >= 11 is 0. The molecule has 0 bridgehead atoms. The molecule has 2 nitrogen and oxygen atoms in total. The predicted octanol–water partition coefficient (Wildman–Crippen LogP) is -1.78. The van der Waals surface area contributed by atoms with Crippen molar-refractivity contribution in [3.8, 4) is 0 Å². The first-order chi connectivity index (χ1) is 5.24. The lowest BCUT2D eigenvalue weighted by atomic mass is 10.3. The molecule has 0 fully saturated rings. The van der Waals surface area contributed by atoms with Gasteiger partial charge in [0, 0.05) is 6.42 Å². The molecule has 0 saturated heterocycles. The van der Waals surface area contributed by atoms with Crippen molar-refractivity contribution in [1.82, 2.24) is 0 Å². The van der Waals surface area contributed by atoms with Gasteiger partial charge in [-0.3, -0.25) is 0 Å². The van der Waals surface area contributed by atoms with Crippen LogP contribution in [0, 0.1) is 0 Å². The Kier molecular flexibility index (Phi) is 10.4. The summed E-state index contributed by atoms with van der Waals surface area (Å²) in [6.45, 7) is 12.6. The molecule has 0 aromatic carbocycles. The van der Waals surface area contributed by atoms with Crippen LogP contribution >= 0.6 is 0 Å². The van der Waals surface area contributed by atoms with Crippen LogP contribution in [0.25, 0.3) is 0 Å². The lowest BCUT2D eigenvalue weighted by molar-refractivity contribution is -0.923. The Bertz CT molecular complexity index is 84.3. The lowest BCUT2D eigenvalue weighted by Crippen LogP contribution is -3.00. The van der Waals surface area contributed by atoms with Crippen molar-refractivity contribution < 1.29 is 28.5 Å². The highest BCUT2D eigenvalue weighted by atomic mass is 127. The molecule has 0 amide bonds. The van der Waals surface area contributed by atoms with Gasteiger partial charge in [-0.05, 0) is 27.3 Å². The zero-order valence-corrected chi connectivity index (χ0v) is 10.8. The number of nitrogens with two attached hydrogens (primary N) is 1. The minimum absolute atomic E-state index is 0. The highest BCUT2D eigenvalue weighted by Crippen LogP contribution is 2.05. The molecule has 0 unspecified atom stereocenters. The number of hydrogen-bond donors (Lipinski definition) is 1. The summed E-state index contributed by atoms with van der Waals surface area (Å²) in [5.74, 6) is 0. The van der Waals surface area contributed by atoms with Crippen LogP contribution in [0.5, 0.6) is 0 Å². The third-order valence-corrected chi connectivity index (χ3v) is 2.85. The average molecular weight is 286 g/mol. The Balaban J connectivity index is 0. The van der Waals surface area contributed by atoms with E-state index in [1.807, 2.05) is 0 Å². The van der Waals surface area contributed by atoms with Crippen LogP contribution < -0.4 is 29.7 Å². The molecule has 0 aliphatic carbocycles. The van der Waals surface area contributed by atoms with Crippen LogP contribution in [0.3, 0.4) is 0 Å². The minimum Gasteiger partial charge on any atom is -1.00 e. The fourth-order valence-corrected chi connectivity index (χ4v) is 1.57. The zero-order chi connectivity index (χ0) is 8.74. The largest absolute Gasteiger partial charge is 1.00 e. The van der Waals surface area contributed by atoms with E-state index >= 15 is 0 Å². The van der Waals surface area contributed by atoms with E-state index in [1.165, 1.54) is 30.7 Å². The summed E-state index contributed by atoms with van der Waals surface area (Å²) in [5, 5.41) is 0. The van der Waals surface area contributed by atoms with E-state index in [4.69, 9.17) is 5.73 Å². The van der Waals surface area contributed by atoms with Crippen LogP contribution in [0.1, 0.15) is 27.2 Å². The van der Waals surface area contributed by atoms with E-state index in [9.17, 15) is 0 Å². The second-order valence-electron chi connectivity index (χ2n) is 3.16. The summed E-state index contributed by atoms with van der Waals surface area (Å²) < 4.78 is 1.23. The van der Waals surface area contributed by atoms with E-state index in [0.29, 0.717) is 0 Å². The van der Waals surface area contributed by atoms with E-state index < -0.39 is 0 Å². The molecule has 0 aromatic heterocycles. The molecule has 0 radical (unpaired) electrons. The Morgan fingerprint density at radius 2 is 1.42 bits per heavy atom. The van der Waals surface area contributed by atoms with Gasteiger partial charge < -0.3 is 34.2 Å². The van der Waals surface area contributed by atoms with Crippen molar-refractivity contribution in [1.29, 1.82) is 0 Å². The van der Waals surface area contributed by atoms with E-state index in [2.05, 4.69) is 20.8 Å². The van der Waals surface area contributed by atoms with E-state index in [-0.39, 0.29) is 24.0 Å². The third kappa shape index (κ3) is 4.62. The highest BCUT2D eigenvalue weighted by Gasteiger charge is 2.18. The van der Waals surface area contributed by atoms with Crippen LogP contribution in [0.2, 0.25) is 0 Å². The molecule has 0 saturated carbocycles. The Labute approximate surface area is 94.1 Å². The third-order valence-electron chi connectivity index (χ3n) is 2.85. The smallest absolute Gasteiger partial charge is 0.0798 e. The summed E-state index contributed by atoms with van der Waals surface area (Å²) in [4.78, 5) is 0. The second-order valence-corrected chi connectivity index (χ2v) is 3.16. The minimum atomic E-state index is 0. The fourth-order valence-electron chi connectivity index (χ4n) is 1.57. The average Bonchev–Trinajstić information content (AvgIpc) is 2.08. The van der Waals surface area contributed by atoms with Gasteiger partial charge in [0.1, 0.15) is 0 Å². The van der Waals surface area contributed by atoms with Gasteiger partial charge in [-0.25, -0.2) is 0 Å². The molecule has 0 heterocycles. The maximum atomic E-state index is 5.49. The predicted molar refractivity (Wildman–Crippen MR) is 50.4 cm³/mol. The molecular weight excluding hydrogens is 263 g/mol. The summed E-state index contributed by atoms with van der Waals surface area (Å²) in [7, 11) is 0. The first kappa shape index (κ1) is 15.1. The van der Waals surface area contributed by atoms with Gasteiger partial charge in [-0.15, -0.1) is 0 Å². The second kappa shape index (κ2) is 8.26. The number of hydrogen-bond acceptors (Lipinski definition) is 1. The molecule has 0 spiro atoms. The lowest BCUT2D eigenvalue weighted by Gasteiger charge is -2.35. The molecule has 0 aromatic rings. The van der Waals surface area contributed by atoms with Crippen LogP contribution in [-0.4, -0.2) is 37.2 Å². The molecule has 12 heavy (non-hydrogen) atoms. The number of rotatable bonds is 6. The molecule has 0 aliphatic rings. The van der Waals surface area contributed by atoms with Gasteiger partial charge in [0.05, 0.1) is 26.2 Å². The van der Waals surface area contributed by atoms with Crippen molar-refractivity contribution in [3.05, 3.63) is 0 Å². The van der Waals surface area contributed by atoms with Gasteiger partial charge >= 0.3 is 0 Å². The molecule has 0 aliphatic heterocycles. The summed E-state index contributed by atoms with van der Waals surface area (Å²) in [6, 6.07) is 0. The number of quaternary nitrogens is 1. The highest BCUT2D eigenvalue weighted by molar-refractivity contribution is 4.40. The fraction of sp³-hybridized carbons (Fsp3) is 1.00. The van der Waals surface area contributed by atoms with Crippen molar-refractivity contribution >= 4 is 0 Å². The van der Waals surface area contributed by atoms with Crippen molar-refractivity contribution in [2.45, 2.75) is 27.2 Å². The first-order valence-corrected chi connectivity index (χ1v) is 4.79. The normalized spacial score (nSPS) is 11.0.